The summed E-state index contributed by atoms with van der Waals surface area (Å²) in [5.74, 6) is 2.08. The van der Waals surface area contributed by atoms with Crippen LogP contribution in [0.25, 0.3) is 10.9 Å². The highest BCUT2D eigenvalue weighted by Gasteiger charge is 2.22. The molecule has 4 aromatic rings. The number of anilines is 4. The standard InChI is InChI=1S/C20H18N8/c1-13-7-16(10-21-9-13)24-18-11-23-19-20(25-18)28(27-26-19)12-14-4-5-17-15(8-14)3-2-6-22-17/h2-11,27H,12H2,1H3,(H,23,26)(H,24,25). The van der Waals surface area contributed by atoms with Gasteiger partial charge in [-0.25, -0.2) is 9.97 Å². The monoisotopic (exact) mass is 370 g/mol. The Morgan fingerprint density at radius 1 is 1.07 bits per heavy atom. The van der Waals surface area contributed by atoms with Gasteiger partial charge in [0.1, 0.15) is 0 Å². The highest BCUT2D eigenvalue weighted by molar-refractivity contribution is 5.79. The molecule has 0 bridgehead atoms. The third kappa shape index (κ3) is 3.17. The summed E-state index contributed by atoms with van der Waals surface area (Å²) in [4.78, 5) is 17.7. The molecular weight excluding hydrogens is 352 g/mol. The molecule has 28 heavy (non-hydrogen) atoms. The van der Waals surface area contributed by atoms with Crippen LogP contribution in [0.5, 0.6) is 0 Å². The molecule has 3 N–H and O–H groups in total. The van der Waals surface area contributed by atoms with Crippen LogP contribution in [0.4, 0.5) is 23.1 Å². The Labute approximate surface area is 161 Å². The summed E-state index contributed by atoms with van der Waals surface area (Å²) in [5, 5.41) is 6.30. The van der Waals surface area contributed by atoms with Gasteiger partial charge in [0, 0.05) is 17.8 Å². The molecule has 5 rings (SSSR count). The summed E-state index contributed by atoms with van der Waals surface area (Å²) in [6.07, 6.45) is 7.08. The molecule has 0 atom stereocenters. The van der Waals surface area contributed by atoms with Crippen molar-refractivity contribution in [3.05, 3.63) is 72.3 Å². The molecule has 0 saturated carbocycles. The SMILES string of the molecule is Cc1cncc(Nc2cnc3c(n2)N(Cc2ccc4ncccc4c2)NN3)c1. The second kappa shape index (κ2) is 6.75. The van der Waals surface area contributed by atoms with Crippen LogP contribution in [0.3, 0.4) is 0 Å². The fourth-order valence-electron chi connectivity index (χ4n) is 3.18. The topological polar surface area (TPSA) is 90.9 Å². The predicted octanol–water partition coefficient (Wildman–Crippen LogP) is 3.32. The zero-order valence-corrected chi connectivity index (χ0v) is 15.2. The summed E-state index contributed by atoms with van der Waals surface area (Å²) in [5.41, 5.74) is 10.3. The molecule has 1 aromatic carbocycles. The van der Waals surface area contributed by atoms with Crippen molar-refractivity contribution in [2.24, 2.45) is 0 Å². The number of hydrazine groups is 2. The fourth-order valence-corrected chi connectivity index (χ4v) is 3.18. The van der Waals surface area contributed by atoms with E-state index in [-0.39, 0.29) is 0 Å². The maximum Gasteiger partial charge on any atom is 0.191 e. The smallest absolute Gasteiger partial charge is 0.191 e. The molecule has 1 aliphatic heterocycles. The van der Waals surface area contributed by atoms with Gasteiger partial charge in [0.05, 0.1) is 30.1 Å². The molecule has 8 heteroatoms. The maximum absolute atomic E-state index is 4.71. The van der Waals surface area contributed by atoms with Crippen LogP contribution >= 0.6 is 0 Å². The second-order valence-corrected chi connectivity index (χ2v) is 6.66. The van der Waals surface area contributed by atoms with Crippen LogP contribution in [0, 0.1) is 6.92 Å². The second-order valence-electron chi connectivity index (χ2n) is 6.66. The van der Waals surface area contributed by atoms with E-state index in [4.69, 9.17) is 4.98 Å². The lowest BCUT2D eigenvalue weighted by Gasteiger charge is -2.17. The zero-order valence-electron chi connectivity index (χ0n) is 15.2. The first-order chi connectivity index (χ1) is 13.7. The number of pyridine rings is 2. The van der Waals surface area contributed by atoms with E-state index >= 15 is 0 Å². The van der Waals surface area contributed by atoms with Gasteiger partial charge in [-0.2, -0.15) is 0 Å². The van der Waals surface area contributed by atoms with E-state index in [2.05, 4.69) is 49.4 Å². The average Bonchev–Trinajstić information content (AvgIpc) is 3.10. The number of aryl methyl sites for hydroxylation is 1. The Balaban J connectivity index is 1.40. The minimum absolute atomic E-state index is 0.634. The zero-order chi connectivity index (χ0) is 18.9. The lowest BCUT2D eigenvalue weighted by molar-refractivity contribution is 0.717. The number of hydrogen-bond donors (Lipinski definition) is 3. The van der Waals surface area contributed by atoms with E-state index in [1.807, 2.05) is 36.3 Å². The predicted molar refractivity (Wildman–Crippen MR) is 109 cm³/mol. The van der Waals surface area contributed by atoms with Crippen molar-refractivity contribution in [1.82, 2.24) is 25.5 Å². The molecule has 3 aromatic heterocycles. The van der Waals surface area contributed by atoms with E-state index in [0.717, 1.165) is 33.5 Å². The molecule has 0 unspecified atom stereocenters. The molecule has 0 fully saturated rings. The first-order valence-corrected chi connectivity index (χ1v) is 8.93. The minimum Gasteiger partial charge on any atom is -0.338 e. The summed E-state index contributed by atoms with van der Waals surface area (Å²) < 4.78 is 0. The van der Waals surface area contributed by atoms with Gasteiger partial charge in [-0.05, 0) is 42.3 Å². The number of benzene rings is 1. The van der Waals surface area contributed by atoms with E-state index in [1.54, 1.807) is 18.6 Å². The quantitative estimate of drug-likeness (QED) is 0.504. The highest BCUT2D eigenvalue weighted by atomic mass is 15.7. The molecule has 4 heterocycles. The third-order valence-electron chi connectivity index (χ3n) is 4.47. The molecule has 8 nitrogen and oxygen atoms in total. The van der Waals surface area contributed by atoms with Gasteiger partial charge >= 0.3 is 0 Å². The number of hydrogen-bond acceptors (Lipinski definition) is 8. The number of fused-ring (bicyclic) bond motifs is 2. The van der Waals surface area contributed by atoms with Gasteiger partial charge in [0.2, 0.25) is 0 Å². The van der Waals surface area contributed by atoms with Crippen LogP contribution in [0.2, 0.25) is 0 Å². The Morgan fingerprint density at radius 2 is 2.04 bits per heavy atom. The van der Waals surface area contributed by atoms with Gasteiger partial charge < -0.3 is 5.32 Å². The largest absolute Gasteiger partial charge is 0.338 e. The third-order valence-corrected chi connectivity index (χ3v) is 4.47. The van der Waals surface area contributed by atoms with Crippen LogP contribution in [-0.4, -0.2) is 19.9 Å². The van der Waals surface area contributed by atoms with Crippen molar-refractivity contribution < 1.29 is 0 Å². The minimum atomic E-state index is 0.634. The Bertz CT molecular complexity index is 1160. The fraction of sp³-hybridized carbons (Fsp3) is 0.100. The molecule has 0 amide bonds. The molecule has 0 aliphatic carbocycles. The van der Waals surface area contributed by atoms with Crippen LogP contribution in [0.1, 0.15) is 11.1 Å². The summed E-state index contributed by atoms with van der Waals surface area (Å²) in [6.45, 7) is 2.64. The highest BCUT2D eigenvalue weighted by Crippen LogP contribution is 2.28. The van der Waals surface area contributed by atoms with E-state index in [9.17, 15) is 0 Å². The van der Waals surface area contributed by atoms with Crippen molar-refractivity contribution in [3.8, 4) is 0 Å². The van der Waals surface area contributed by atoms with Crippen LogP contribution in [-0.2, 0) is 6.54 Å². The summed E-state index contributed by atoms with van der Waals surface area (Å²) >= 11 is 0. The molecule has 0 spiro atoms. The van der Waals surface area contributed by atoms with Gasteiger partial charge in [0.25, 0.3) is 0 Å². The number of aromatic nitrogens is 4. The van der Waals surface area contributed by atoms with Crippen molar-refractivity contribution in [3.63, 3.8) is 0 Å². The van der Waals surface area contributed by atoms with Crippen LogP contribution < -0.4 is 21.3 Å². The summed E-state index contributed by atoms with van der Waals surface area (Å²) in [6, 6.07) is 12.3. The van der Waals surface area contributed by atoms with E-state index in [1.165, 1.54) is 0 Å². The molecule has 0 radical (unpaired) electrons. The number of rotatable bonds is 4. The van der Waals surface area contributed by atoms with E-state index < -0.39 is 0 Å². The van der Waals surface area contributed by atoms with Gasteiger partial charge in [0.15, 0.2) is 17.5 Å². The first-order valence-electron chi connectivity index (χ1n) is 8.93. The lowest BCUT2D eigenvalue weighted by atomic mass is 10.1. The first kappa shape index (κ1) is 16.4. The number of nitrogens with zero attached hydrogens (tertiary/aromatic N) is 5. The van der Waals surface area contributed by atoms with Crippen molar-refractivity contribution >= 4 is 34.0 Å². The molecule has 0 saturated heterocycles. The average molecular weight is 370 g/mol. The van der Waals surface area contributed by atoms with E-state index in [0.29, 0.717) is 18.2 Å². The van der Waals surface area contributed by atoms with Gasteiger partial charge in [-0.15, -0.1) is 5.53 Å². The number of nitrogens with one attached hydrogen (secondary N) is 3. The molecule has 1 aliphatic rings. The normalized spacial score (nSPS) is 12.7. The van der Waals surface area contributed by atoms with Crippen LogP contribution in [0.15, 0.2) is 61.2 Å². The maximum atomic E-state index is 4.71. The molecular formula is C20H18N8. The lowest BCUT2D eigenvalue weighted by Crippen LogP contribution is -2.35. The van der Waals surface area contributed by atoms with Gasteiger partial charge in [-0.3, -0.25) is 20.4 Å². The van der Waals surface area contributed by atoms with Crippen molar-refractivity contribution in [2.45, 2.75) is 13.5 Å². The Hall–Kier alpha value is -3.78. The Morgan fingerprint density at radius 3 is 2.96 bits per heavy atom. The Kier molecular flexibility index (Phi) is 3.95. The van der Waals surface area contributed by atoms with Crippen molar-refractivity contribution in [1.29, 1.82) is 0 Å². The summed E-state index contributed by atoms with van der Waals surface area (Å²) in [7, 11) is 0. The van der Waals surface area contributed by atoms with Gasteiger partial charge in [-0.1, -0.05) is 12.1 Å². The van der Waals surface area contributed by atoms with Crippen molar-refractivity contribution in [2.75, 3.05) is 15.8 Å². The molecule has 138 valence electrons.